The van der Waals surface area contributed by atoms with Gasteiger partial charge in [-0.2, -0.15) is 0 Å². The van der Waals surface area contributed by atoms with E-state index < -0.39 is 0 Å². The molecule has 0 aliphatic heterocycles. The quantitative estimate of drug-likeness (QED) is 0.824. The summed E-state index contributed by atoms with van der Waals surface area (Å²) in [6.07, 6.45) is 3.74. The van der Waals surface area contributed by atoms with E-state index in [1.54, 1.807) is 0 Å². The van der Waals surface area contributed by atoms with E-state index in [1.807, 2.05) is 12.4 Å². The Bertz CT molecular complexity index is 286. The third-order valence-corrected chi connectivity index (χ3v) is 2.72. The van der Waals surface area contributed by atoms with Gasteiger partial charge in [0.2, 0.25) is 0 Å². The Morgan fingerprint density at radius 1 is 1.43 bits per heavy atom. The third-order valence-electron chi connectivity index (χ3n) is 2.28. The first-order valence-electron chi connectivity index (χ1n) is 4.97. The molecule has 0 unspecified atom stereocenters. The van der Waals surface area contributed by atoms with Crippen molar-refractivity contribution in [1.29, 1.82) is 0 Å². The van der Waals surface area contributed by atoms with Crippen molar-refractivity contribution in [3.8, 4) is 0 Å². The van der Waals surface area contributed by atoms with Gasteiger partial charge < -0.3 is 0 Å². The van der Waals surface area contributed by atoms with Gasteiger partial charge in [-0.15, -0.1) is 0 Å². The zero-order chi connectivity index (χ0) is 10.6. The van der Waals surface area contributed by atoms with E-state index in [0.717, 1.165) is 17.6 Å². The maximum absolute atomic E-state index is 4.16. The van der Waals surface area contributed by atoms with Gasteiger partial charge in [0, 0.05) is 29.5 Å². The minimum atomic E-state index is 0.582. The lowest BCUT2D eigenvalue weighted by molar-refractivity contribution is 0.224. The zero-order valence-electron chi connectivity index (χ0n) is 9.00. The van der Waals surface area contributed by atoms with Crippen molar-refractivity contribution >= 4 is 15.9 Å². The molecule has 0 fully saturated rings. The number of aromatic nitrogens is 1. The van der Waals surface area contributed by atoms with Gasteiger partial charge >= 0.3 is 0 Å². The molecule has 0 saturated heterocycles. The molecule has 0 aliphatic rings. The Balaban J connectivity index is 2.67. The van der Waals surface area contributed by atoms with Crippen LogP contribution in [0.2, 0.25) is 0 Å². The molecule has 2 nitrogen and oxygen atoms in total. The van der Waals surface area contributed by atoms with Crippen LogP contribution in [0.4, 0.5) is 0 Å². The SMILES string of the molecule is CCN(Cc1cncc(Br)c1)C(C)C. The van der Waals surface area contributed by atoms with Gasteiger partial charge in [0.25, 0.3) is 0 Å². The third kappa shape index (κ3) is 3.39. The number of rotatable bonds is 4. The van der Waals surface area contributed by atoms with Crippen molar-refractivity contribution in [3.63, 3.8) is 0 Å². The van der Waals surface area contributed by atoms with Crippen LogP contribution >= 0.6 is 15.9 Å². The second kappa shape index (κ2) is 5.47. The molecule has 0 radical (unpaired) electrons. The Morgan fingerprint density at radius 2 is 2.14 bits per heavy atom. The van der Waals surface area contributed by atoms with Crippen LogP contribution in [0.25, 0.3) is 0 Å². The standard InChI is InChI=1S/C11H17BrN2/c1-4-14(9(2)3)8-10-5-11(12)7-13-6-10/h5-7,9H,4,8H2,1-3H3. The maximum atomic E-state index is 4.16. The zero-order valence-corrected chi connectivity index (χ0v) is 10.6. The van der Waals surface area contributed by atoms with Gasteiger partial charge in [0.15, 0.2) is 0 Å². The number of halogens is 1. The normalized spacial score (nSPS) is 11.3. The molecule has 0 aromatic carbocycles. The fraction of sp³-hybridized carbons (Fsp3) is 0.545. The van der Waals surface area contributed by atoms with E-state index in [2.05, 4.69) is 52.7 Å². The summed E-state index contributed by atoms with van der Waals surface area (Å²) < 4.78 is 1.05. The van der Waals surface area contributed by atoms with Crippen LogP contribution in [-0.4, -0.2) is 22.5 Å². The molecule has 0 N–H and O–H groups in total. The molecule has 0 spiro atoms. The highest BCUT2D eigenvalue weighted by Crippen LogP contribution is 2.12. The van der Waals surface area contributed by atoms with Crippen molar-refractivity contribution in [1.82, 2.24) is 9.88 Å². The minimum absolute atomic E-state index is 0.582. The molecule has 1 aromatic rings. The van der Waals surface area contributed by atoms with Gasteiger partial charge in [-0.05, 0) is 48.0 Å². The van der Waals surface area contributed by atoms with Crippen molar-refractivity contribution in [2.24, 2.45) is 0 Å². The largest absolute Gasteiger partial charge is 0.297 e. The number of hydrogen-bond donors (Lipinski definition) is 0. The highest BCUT2D eigenvalue weighted by molar-refractivity contribution is 9.10. The molecule has 1 rings (SSSR count). The molecule has 0 atom stereocenters. The van der Waals surface area contributed by atoms with E-state index in [9.17, 15) is 0 Å². The van der Waals surface area contributed by atoms with E-state index in [0.29, 0.717) is 6.04 Å². The Morgan fingerprint density at radius 3 is 2.64 bits per heavy atom. The monoisotopic (exact) mass is 256 g/mol. The van der Waals surface area contributed by atoms with Gasteiger partial charge in [0.1, 0.15) is 0 Å². The van der Waals surface area contributed by atoms with Gasteiger partial charge in [-0.3, -0.25) is 9.88 Å². The molecule has 78 valence electrons. The van der Waals surface area contributed by atoms with Gasteiger partial charge in [0.05, 0.1) is 0 Å². The van der Waals surface area contributed by atoms with Crippen LogP contribution < -0.4 is 0 Å². The predicted octanol–water partition coefficient (Wildman–Crippen LogP) is 3.07. The average Bonchev–Trinajstić information content (AvgIpc) is 2.14. The van der Waals surface area contributed by atoms with Crippen LogP contribution in [0.5, 0.6) is 0 Å². The summed E-state index contributed by atoms with van der Waals surface area (Å²) in [7, 11) is 0. The van der Waals surface area contributed by atoms with Crippen LogP contribution in [0.3, 0.4) is 0 Å². The molecular formula is C11H17BrN2. The second-order valence-corrected chi connectivity index (χ2v) is 4.58. The summed E-state index contributed by atoms with van der Waals surface area (Å²) in [5.74, 6) is 0. The first-order chi connectivity index (χ1) is 6.63. The highest BCUT2D eigenvalue weighted by Gasteiger charge is 2.07. The van der Waals surface area contributed by atoms with Crippen LogP contribution in [0, 0.1) is 0 Å². The van der Waals surface area contributed by atoms with Crippen LogP contribution in [0.15, 0.2) is 22.9 Å². The van der Waals surface area contributed by atoms with Gasteiger partial charge in [-0.1, -0.05) is 6.92 Å². The number of hydrogen-bond acceptors (Lipinski definition) is 2. The molecule has 14 heavy (non-hydrogen) atoms. The van der Waals surface area contributed by atoms with E-state index >= 15 is 0 Å². The Labute approximate surface area is 94.5 Å². The molecule has 0 bridgehead atoms. The summed E-state index contributed by atoms with van der Waals surface area (Å²) in [5, 5.41) is 0. The molecule has 0 aliphatic carbocycles. The molecule has 0 amide bonds. The van der Waals surface area contributed by atoms with E-state index in [-0.39, 0.29) is 0 Å². The van der Waals surface area contributed by atoms with Crippen molar-refractivity contribution < 1.29 is 0 Å². The topological polar surface area (TPSA) is 16.1 Å². The molecule has 1 aromatic heterocycles. The summed E-state index contributed by atoms with van der Waals surface area (Å²) >= 11 is 3.43. The lowest BCUT2D eigenvalue weighted by atomic mass is 10.2. The second-order valence-electron chi connectivity index (χ2n) is 3.67. The fourth-order valence-corrected chi connectivity index (χ4v) is 1.85. The molecule has 3 heteroatoms. The molecule has 0 saturated carbocycles. The number of nitrogens with zero attached hydrogens (tertiary/aromatic N) is 2. The number of pyridine rings is 1. The maximum Gasteiger partial charge on any atom is 0.0410 e. The summed E-state index contributed by atoms with van der Waals surface area (Å²) in [6.45, 7) is 8.67. The lowest BCUT2D eigenvalue weighted by Gasteiger charge is -2.24. The Hall–Kier alpha value is -0.410. The van der Waals surface area contributed by atoms with Crippen molar-refractivity contribution in [3.05, 3.63) is 28.5 Å². The van der Waals surface area contributed by atoms with E-state index in [4.69, 9.17) is 0 Å². The fourth-order valence-electron chi connectivity index (χ4n) is 1.44. The lowest BCUT2D eigenvalue weighted by Crippen LogP contribution is -2.29. The Kier molecular flexibility index (Phi) is 4.55. The van der Waals surface area contributed by atoms with E-state index in [1.165, 1.54) is 5.56 Å². The van der Waals surface area contributed by atoms with Crippen molar-refractivity contribution in [2.45, 2.75) is 33.4 Å². The smallest absolute Gasteiger partial charge is 0.0410 e. The van der Waals surface area contributed by atoms with Crippen molar-refractivity contribution in [2.75, 3.05) is 6.54 Å². The first kappa shape index (κ1) is 11.7. The molecular weight excluding hydrogens is 240 g/mol. The van der Waals surface area contributed by atoms with Gasteiger partial charge in [-0.25, -0.2) is 0 Å². The first-order valence-corrected chi connectivity index (χ1v) is 5.76. The highest BCUT2D eigenvalue weighted by atomic mass is 79.9. The minimum Gasteiger partial charge on any atom is -0.297 e. The predicted molar refractivity (Wildman–Crippen MR) is 63.2 cm³/mol. The molecule has 1 heterocycles. The average molecular weight is 257 g/mol. The van der Waals surface area contributed by atoms with Crippen LogP contribution in [-0.2, 0) is 6.54 Å². The van der Waals surface area contributed by atoms with Crippen LogP contribution in [0.1, 0.15) is 26.3 Å². The summed E-state index contributed by atoms with van der Waals surface area (Å²) in [5.41, 5.74) is 1.26. The summed E-state index contributed by atoms with van der Waals surface area (Å²) in [6, 6.07) is 2.71. The summed E-state index contributed by atoms with van der Waals surface area (Å²) in [4.78, 5) is 6.56.